The Balaban J connectivity index is 1.83. The second-order valence-corrected chi connectivity index (χ2v) is 6.00. The van der Waals surface area contributed by atoms with Crippen molar-refractivity contribution in [1.29, 1.82) is 0 Å². The van der Waals surface area contributed by atoms with Crippen LogP contribution in [0.25, 0.3) is 11.3 Å². The number of aromatic nitrogens is 2. The number of H-pyrrole nitrogens is 1. The summed E-state index contributed by atoms with van der Waals surface area (Å²) in [5, 5.41) is 7.31. The quantitative estimate of drug-likeness (QED) is 0.737. The van der Waals surface area contributed by atoms with Gasteiger partial charge < -0.3 is 18.8 Å². The summed E-state index contributed by atoms with van der Waals surface area (Å²) in [6, 6.07) is 11.0. The predicted molar refractivity (Wildman–Crippen MR) is 94.0 cm³/mol. The first-order chi connectivity index (χ1) is 12.7. The molecule has 0 aliphatic carbocycles. The Kier molecular flexibility index (Phi) is 4.22. The van der Waals surface area contributed by atoms with E-state index >= 15 is 0 Å². The molecule has 26 heavy (non-hydrogen) atoms. The molecule has 0 saturated heterocycles. The second-order valence-electron chi connectivity index (χ2n) is 6.00. The van der Waals surface area contributed by atoms with Crippen LogP contribution in [-0.2, 0) is 4.74 Å². The highest BCUT2D eigenvalue weighted by Crippen LogP contribution is 2.43. The fourth-order valence-corrected chi connectivity index (χ4v) is 3.35. The van der Waals surface area contributed by atoms with Gasteiger partial charge in [0.1, 0.15) is 23.2 Å². The molecule has 1 aromatic carbocycles. The molecule has 1 atom stereocenters. The van der Waals surface area contributed by atoms with E-state index in [0.29, 0.717) is 30.3 Å². The Labute approximate surface area is 150 Å². The molecule has 1 aliphatic heterocycles. The molecule has 2 aromatic heterocycles. The van der Waals surface area contributed by atoms with Gasteiger partial charge in [-0.05, 0) is 24.3 Å². The van der Waals surface area contributed by atoms with Crippen molar-refractivity contribution >= 4 is 5.91 Å². The monoisotopic (exact) mass is 353 g/mol. The summed E-state index contributed by atoms with van der Waals surface area (Å²) < 4.78 is 16.1. The summed E-state index contributed by atoms with van der Waals surface area (Å²) in [6.45, 7) is 0.899. The number of rotatable bonds is 6. The van der Waals surface area contributed by atoms with Crippen LogP contribution in [0.15, 0.2) is 47.1 Å². The highest BCUT2D eigenvalue weighted by atomic mass is 16.5. The standard InChI is InChI=1S/C19H19N3O4/c1-24-10-8-22-18(14-7-4-9-26-14)15-16(20-21-17(15)19(22)23)12-5-3-6-13(11-12)25-2/h3-7,9,11,18H,8,10H2,1-2H3,(H,20,21). The summed E-state index contributed by atoms with van der Waals surface area (Å²) in [6.07, 6.45) is 1.61. The number of benzene rings is 1. The van der Waals surface area contributed by atoms with Gasteiger partial charge in [-0.15, -0.1) is 0 Å². The van der Waals surface area contributed by atoms with Crippen LogP contribution in [-0.4, -0.2) is 48.4 Å². The van der Waals surface area contributed by atoms with E-state index in [1.807, 2.05) is 36.4 Å². The number of fused-ring (bicyclic) bond motifs is 1. The Bertz CT molecular complexity index is 917. The van der Waals surface area contributed by atoms with E-state index < -0.39 is 0 Å². The van der Waals surface area contributed by atoms with Crippen LogP contribution in [0.3, 0.4) is 0 Å². The zero-order valence-corrected chi connectivity index (χ0v) is 14.6. The number of nitrogens with one attached hydrogen (secondary N) is 1. The molecule has 1 unspecified atom stereocenters. The largest absolute Gasteiger partial charge is 0.497 e. The van der Waals surface area contributed by atoms with E-state index in [9.17, 15) is 4.79 Å². The van der Waals surface area contributed by atoms with Gasteiger partial charge >= 0.3 is 0 Å². The Morgan fingerprint density at radius 2 is 2.15 bits per heavy atom. The fraction of sp³-hybridized carbons (Fsp3) is 0.263. The van der Waals surface area contributed by atoms with Gasteiger partial charge in [-0.1, -0.05) is 12.1 Å². The molecule has 0 bridgehead atoms. The number of aromatic amines is 1. The number of hydrogen-bond acceptors (Lipinski definition) is 5. The summed E-state index contributed by atoms with van der Waals surface area (Å²) >= 11 is 0. The van der Waals surface area contributed by atoms with Gasteiger partial charge in [-0.25, -0.2) is 0 Å². The van der Waals surface area contributed by atoms with E-state index in [-0.39, 0.29) is 11.9 Å². The molecular weight excluding hydrogens is 334 g/mol. The van der Waals surface area contributed by atoms with Gasteiger partial charge in [-0.2, -0.15) is 5.10 Å². The van der Waals surface area contributed by atoms with E-state index in [0.717, 1.165) is 16.9 Å². The van der Waals surface area contributed by atoms with E-state index in [1.54, 1.807) is 25.4 Å². The molecule has 4 rings (SSSR count). The van der Waals surface area contributed by atoms with Gasteiger partial charge in [0, 0.05) is 24.8 Å². The number of furan rings is 1. The first-order valence-electron chi connectivity index (χ1n) is 8.30. The van der Waals surface area contributed by atoms with Crippen molar-refractivity contribution in [2.45, 2.75) is 6.04 Å². The van der Waals surface area contributed by atoms with E-state index in [4.69, 9.17) is 13.9 Å². The lowest BCUT2D eigenvalue weighted by molar-refractivity contribution is 0.0660. The number of carbonyl (C=O) groups is 1. The lowest BCUT2D eigenvalue weighted by Crippen LogP contribution is -2.32. The lowest BCUT2D eigenvalue weighted by Gasteiger charge is -2.24. The van der Waals surface area contributed by atoms with Crippen molar-refractivity contribution < 1.29 is 18.7 Å². The predicted octanol–water partition coefficient (Wildman–Crippen LogP) is 2.87. The Hall–Kier alpha value is -3.06. The van der Waals surface area contributed by atoms with Gasteiger partial charge in [0.2, 0.25) is 0 Å². The fourth-order valence-electron chi connectivity index (χ4n) is 3.35. The number of methoxy groups -OCH3 is 2. The normalized spacial score (nSPS) is 16.2. The van der Waals surface area contributed by atoms with Gasteiger partial charge in [0.25, 0.3) is 5.91 Å². The summed E-state index contributed by atoms with van der Waals surface area (Å²) in [5.41, 5.74) is 2.89. The minimum Gasteiger partial charge on any atom is -0.497 e. The molecule has 3 aromatic rings. The maximum absolute atomic E-state index is 12.9. The highest BCUT2D eigenvalue weighted by molar-refractivity contribution is 6.00. The van der Waals surface area contributed by atoms with Crippen molar-refractivity contribution in [3.8, 4) is 17.0 Å². The molecule has 7 heteroatoms. The first kappa shape index (κ1) is 16.4. The minimum absolute atomic E-state index is 0.111. The van der Waals surface area contributed by atoms with Crippen LogP contribution in [0.4, 0.5) is 0 Å². The SMILES string of the molecule is COCCN1C(=O)c2[nH]nc(-c3cccc(OC)c3)c2C1c1ccco1. The number of carbonyl (C=O) groups excluding carboxylic acids is 1. The van der Waals surface area contributed by atoms with Crippen LogP contribution in [0, 0.1) is 0 Å². The van der Waals surface area contributed by atoms with Crippen LogP contribution >= 0.6 is 0 Å². The summed E-state index contributed by atoms with van der Waals surface area (Å²) in [7, 11) is 3.24. The first-order valence-corrected chi connectivity index (χ1v) is 8.30. The Morgan fingerprint density at radius 3 is 2.88 bits per heavy atom. The van der Waals surface area contributed by atoms with Crippen LogP contribution < -0.4 is 4.74 Å². The number of ether oxygens (including phenoxy) is 2. The highest BCUT2D eigenvalue weighted by Gasteiger charge is 2.43. The van der Waals surface area contributed by atoms with Crippen LogP contribution in [0.1, 0.15) is 27.9 Å². The summed E-state index contributed by atoms with van der Waals surface area (Å²) in [5.74, 6) is 1.31. The van der Waals surface area contributed by atoms with E-state index in [1.165, 1.54) is 0 Å². The zero-order valence-electron chi connectivity index (χ0n) is 14.6. The maximum atomic E-state index is 12.9. The van der Waals surface area contributed by atoms with Gasteiger partial charge in [0.05, 0.1) is 25.7 Å². The molecule has 3 heterocycles. The maximum Gasteiger partial charge on any atom is 0.273 e. The average molecular weight is 353 g/mol. The molecule has 1 N–H and O–H groups in total. The molecular formula is C19H19N3O4. The minimum atomic E-state index is -0.345. The molecule has 7 nitrogen and oxygen atoms in total. The van der Waals surface area contributed by atoms with Gasteiger partial charge in [0.15, 0.2) is 0 Å². The third-order valence-corrected chi connectivity index (χ3v) is 4.56. The van der Waals surface area contributed by atoms with E-state index in [2.05, 4.69) is 10.2 Å². The molecule has 134 valence electrons. The second kappa shape index (κ2) is 6.68. The van der Waals surface area contributed by atoms with Crippen LogP contribution in [0.5, 0.6) is 5.75 Å². The number of nitrogens with zero attached hydrogens (tertiary/aromatic N) is 2. The summed E-state index contributed by atoms with van der Waals surface area (Å²) in [4.78, 5) is 14.7. The van der Waals surface area contributed by atoms with Crippen molar-refractivity contribution in [2.24, 2.45) is 0 Å². The number of hydrogen-bond donors (Lipinski definition) is 1. The third kappa shape index (κ3) is 2.57. The smallest absolute Gasteiger partial charge is 0.273 e. The zero-order chi connectivity index (χ0) is 18.1. The van der Waals surface area contributed by atoms with Crippen molar-refractivity contribution in [3.63, 3.8) is 0 Å². The average Bonchev–Trinajstić information content (AvgIpc) is 3.38. The molecule has 1 amide bonds. The third-order valence-electron chi connectivity index (χ3n) is 4.56. The molecule has 0 radical (unpaired) electrons. The Morgan fingerprint density at radius 1 is 1.27 bits per heavy atom. The molecule has 0 spiro atoms. The van der Waals surface area contributed by atoms with Crippen molar-refractivity contribution in [2.75, 3.05) is 27.4 Å². The van der Waals surface area contributed by atoms with Crippen molar-refractivity contribution in [3.05, 3.63) is 59.7 Å². The molecule has 0 fully saturated rings. The topological polar surface area (TPSA) is 80.6 Å². The van der Waals surface area contributed by atoms with Crippen LogP contribution in [0.2, 0.25) is 0 Å². The molecule has 0 saturated carbocycles. The number of amides is 1. The lowest BCUT2D eigenvalue weighted by atomic mass is 10.00. The van der Waals surface area contributed by atoms with Gasteiger partial charge in [-0.3, -0.25) is 9.89 Å². The molecule has 1 aliphatic rings. The van der Waals surface area contributed by atoms with Crippen molar-refractivity contribution in [1.82, 2.24) is 15.1 Å².